The maximum absolute atomic E-state index is 4.32. The Labute approximate surface area is 103 Å². The zero-order chi connectivity index (χ0) is 12.3. The minimum absolute atomic E-state index is 0.595. The van der Waals surface area contributed by atoms with Crippen molar-refractivity contribution in [2.75, 3.05) is 44.0 Å². The fraction of sp³-hybridized carbons (Fsp3) is 0.667. The molecule has 0 bridgehead atoms. The number of hydrogen-bond acceptors (Lipinski definition) is 5. The minimum atomic E-state index is 0.595. The summed E-state index contributed by atoms with van der Waals surface area (Å²) in [6.45, 7) is 2.15. The average molecular weight is 235 g/mol. The Morgan fingerprint density at radius 2 is 2.06 bits per heavy atom. The van der Waals surface area contributed by atoms with E-state index in [2.05, 4.69) is 27.2 Å². The van der Waals surface area contributed by atoms with Crippen molar-refractivity contribution in [2.24, 2.45) is 0 Å². The van der Waals surface area contributed by atoms with E-state index in [9.17, 15) is 0 Å². The van der Waals surface area contributed by atoms with Crippen LogP contribution in [0.5, 0.6) is 0 Å². The van der Waals surface area contributed by atoms with Crippen LogP contribution in [0.3, 0.4) is 0 Å². The van der Waals surface area contributed by atoms with Crippen LogP contribution >= 0.6 is 0 Å². The van der Waals surface area contributed by atoms with Crippen molar-refractivity contribution in [3.63, 3.8) is 0 Å². The third kappa shape index (κ3) is 3.06. The molecule has 1 aromatic heterocycles. The highest BCUT2D eigenvalue weighted by Crippen LogP contribution is 2.16. The Bertz CT molecular complexity index is 360. The van der Waals surface area contributed by atoms with Crippen molar-refractivity contribution in [1.29, 1.82) is 0 Å². The monoisotopic (exact) mass is 235 g/mol. The van der Waals surface area contributed by atoms with Gasteiger partial charge in [-0.3, -0.25) is 0 Å². The quantitative estimate of drug-likeness (QED) is 0.833. The van der Waals surface area contributed by atoms with Gasteiger partial charge in [-0.25, -0.2) is 9.97 Å². The number of hydrogen-bond donors (Lipinski definition) is 1. The first kappa shape index (κ1) is 12.1. The molecule has 94 valence electrons. The number of aromatic nitrogens is 2. The molecule has 2 rings (SSSR count). The Morgan fingerprint density at radius 1 is 1.29 bits per heavy atom. The van der Waals surface area contributed by atoms with Crippen LogP contribution in [-0.4, -0.2) is 50.2 Å². The van der Waals surface area contributed by atoms with E-state index in [-0.39, 0.29) is 0 Å². The first-order chi connectivity index (χ1) is 8.16. The summed E-state index contributed by atoms with van der Waals surface area (Å²) in [7, 11) is 6.07. The van der Waals surface area contributed by atoms with E-state index >= 15 is 0 Å². The van der Waals surface area contributed by atoms with Crippen LogP contribution in [0.2, 0.25) is 0 Å². The molecule has 5 heteroatoms. The summed E-state index contributed by atoms with van der Waals surface area (Å²) < 4.78 is 0. The molecular formula is C12H21N5. The van der Waals surface area contributed by atoms with Crippen LogP contribution < -0.4 is 15.1 Å². The molecule has 0 radical (unpaired) electrons. The number of anilines is 2. The topological polar surface area (TPSA) is 44.3 Å². The van der Waals surface area contributed by atoms with Crippen molar-refractivity contribution in [3.05, 3.63) is 12.4 Å². The van der Waals surface area contributed by atoms with Crippen molar-refractivity contribution in [1.82, 2.24) is 15.3 Å². The molecule has 0 saturated carbocycles. The van der Waals surface area contributed by atoms with E-state index in [4.69, 9.17) is 0 Å². The average Bonchev–Trinajstić information content (AvgIpc) is 2.82. The van der Waals surface area contributed by atoms with Gasteiger partial charge in [0.15, 0.2) is 0 Å². The van der Waals surface area contributed by atoms with Gasteiger partial charge in [-0.15, -0.1) is 0 Å². The molecule has 1 aliphatic heterocycles. The van der Waals surface area contributed by atoms with E-state index < -0.39 is 0 Å². The van der Waals surface area contributed by atoms with Crippen LogP contribution in [0.25, 0.3) is 0 Å². The van der Waals surface area contributed by atoms with Crippen LogP contribution in [0.15, 0.2) is 12.4 Å². The number of likely N-dealkylation sites (N-methyl/N-ethyl adjacent to an activating group) is 1. The molecule has 1 unspecified atom stereocenters. The first-order valence-electron chi connectivity index (χ1n) is 6.10. The van der Waals surface area contributed by atoms with E-state index in [0.717, 1.165) is 24.7 Å². The van der Waals surface area contributed by atoms with Gasteiger partial charge in [0.1, 0.15) is 18.0 Å². The summed E-state index contributed by atoms with van der Waals surface area (Å²) in [6.07, 6.45) is 4.17. The van der Waals surface area contributed by atoms with Crippen LogP contribution in [0.4, 0.5) is 11.6 Å². The van der Waals surface area contributed by atoms with Crippen molar-refractivity contribution in [3.8, 4) is 0 Å². The van der Waals surface area contributed by atoms with Gasteiger partial charge in [-0.05, 0) is 19.4 Å². The molecule has 5 nitrogen and oxygen atoms in total. The third-order valence-electron chi connectivity index (χ3n) is 3.14. The second kappa shape index (κ2) is 5.31. The first-order valence-corrected chi connectivity index (χ1v) is 6.10. The largest absolute Gasteiger partial charge is 0.363 e. The molecular weight excluding hydrogens is 214 g/mol. The fourth-order valence-corrected chi connectivity index (χ4v) is 2.13. The molecule has 0 aliphatic carbocycles. The lowest BCUT2D eigenvalue weighted by atomic mass is 10.2. The lowest BCUT2D eigenvalue weighted by Crippen LogP contribution is -2.35. The Hall–Kier alpha value is -1.36. The lowest BCUT2D eigenvalue weighted by Gasteiger charge is -2.23. The number of rotatable bonds is 4. The van der Waals surface area contributed by atoms with Gasteiger partial charge in [0.2, 0.25) is 0 Å². The molecule has 1 aromatic rings. The maximum atomic E-state index is 4.32. The number of nitrogens with zero attached hydrogens (tertiary/aromatic N) is 4. The maximum Gasteiger partial charge on any atom is 0.133 e. The highest BCUT2D eigenvalue weighted by molar-refractivity contribution is 5.48. The summed E-state index contributed by atoms with van der Waals surface area (Å²) in [5.74, 6) is 1.93. The highest BCUT2D eigenvalue weighted by Gasteiger charge is 2.16. The zero-order valence-corrected chi connectivity index (χ0v) is 10.8. The molecule has 0 spiro atoms. The molecule has 0 amide bonds. The summed E-state index contributed by atoms with van der Waals surface area (Å²) in [5, 5.41) is 3.50. The molecule has 1 saturated heterocycles. The minimum Gasteiger partial charge on any atom is -0.363 e. The lowest BCUT2D eigenvalue weighted by molar-refractivity contribution is 0.597. The standard InChI is InChI=1S/C12H21N5/c1-16(2)11-7-12(15-9-14-11)17(3)8-10-5-4-6-13-10/h7,9-10,13H,4-6,8H2,1-3H3. The summed E-state index contributed by atoms with van der Waals surface area (Å²) in [5.41, 5.74) is 0. The number of nitrogens with one attached hydrogen (secondary N) is 1. The fourth-order valence-electron chi connectivity index (χ4n) is 2.13. The van der Waals surface area contributed by atoms with Gasteiger partial charge in [-0.1, -0.05) is 0 Å². The second-order valence-electron chi connectivity index (χ2n) is 4.80. The van der Waals surface area contributed by atoms with Crippen LogP contribution in [0, 0.1) is 0 Å². The van der Waals surface area contributed by atoms with Gasteiger partial charge in [0.05, 0.1) is 0 Å². The van der Waals surface area contributed by atoms with Crippen LogP contribution in [-0.2, 0) is 0 Å². The molecule has 1 aliphatic rings. The van der Waals surface area contributed by atoms with Crippen LogP contribution in [0.1, 0.15) is 12.8 Å². The van der Waals surface area contributed by atoms with E-state index in [1.165, 1.54) is 12.8 Å². The van der Waals surface area contributed by atoms with Gasteiger partial charge >= 0.3 is 0 Å². The Morgan fingerprint density at radius 3 is 2.71 bits per heavy atom. The second-order valence-corrected chi connectivity index (χ2v) is 4.80. The van der Waals surface area contributed by atoms with Gasteiger partial charge in [0.25, 0.3) is 0 Å². The van der Waals surface area contributed by atoms with Gasteiger partial charge in [-0.2, -0.15) is 0 Å². The van der Waals surface area contributed by atoms with Crippen molar-refractivity contribution >= 4 is 11.6 Å². The molecule has 1 fully saturated rings. The van der Waals surface area contributed by atoms with E-state index in [0.29, 0.717) is 6.04 Å². The third-order valence-corrected chi connectivity index (χ3v) is 3.14. The molecule has 1 N–H and O–H groups in total. The molecule has 17 heavy (non-hydrogen) atoms. The highest BCUT2D eigenvalue weighted by atomic mass is 15.2. The van der Waals surface area contributed by atoms with Gasteiger partial charge in [0, 0.05) is 39.8 Å². The molecule has 0 aromatic carbocycles. The molecule has 1 atom stereocenters. The summed E-state index contributed by atoms with van der Waals surface area (Å²) >= 11 is 0. The SMILES string of the molecule is CN(C)c1cc(N(C)CC2CCCN2)ncn1. The predicted molar refractivity (Wildman–Crippen MR) is 70.7 cm³/mol. The summed E-state index contributed by atoms with van der Waals surface area (Å²) in [6, 6.07) is 2.62. The Kier molecular flexibility index (Phi) is 3.78. The van der Waals surface area contributed by atoms with Crippen molar-refractivity contribution in [2.45, 2.75) is 18.9 Å². The smallest absolute Gasteiger partial charge is 0.133 e. The van der Waals surface area contributed by atoms with Crippen molar-refractivity contribution < 1.29 is 0 Å². The predicted octanol–water partition coefficient (Wildman–Crippen LogP) is 0.731. The van der Waals surface area contributed by atoms with E-state index in [1.807, 2.05) is 25.1 Å². The van der Waals surface area contributed by atoms with E-state index in [1.54, 1.807) is 6.33 Å². The summed E-state index contributed by atoms with van der Waals surface area (Å²) in [4.78, 5) is 12.7. The van der Waals surface area contributed by atoms with Gasteiger partial charge < -0.3 is 15.1 Å². The normalized spacial score (nSPS) is 19.4. The zero-order valence-electron chi connectivity index (χ0n) is 10.8. The molecule has 2 heterocycles. The Balaban J connectivity index is 2.02.